The van der Waals surface area contributed by atoms with Crippen molar-refractivity contribution in [2.45, 2.75) is 12.1 Å². The van der Waals surface area contributed by atoms with Crippen molar-refractivity contribution in [3.8, 4) is 0 Å². The summed E-state index contributed by atoms with van der Waals surface area (Å²) in [6.45, 7) is 0.754. The second kappa shape index (κ2) is 5.13. The minimum Gasteiger partial charge on any atom is -0.458 e. The van der Waals surface area contributed by atoms with Crippen LogP contribution in [0.25, 0.3) is 11.0 Å². The number of hydrogen-bond donors (Lipinski definition) is 1. The highest BCUT2D eigenvalue weighted by Crippen LogP contribution is 2.31. The first-order valence-corrected chi connectivity index (χ1v) is 7.42. The van der Waals surface area contributed by atoms with Crippen molar-refractivity contribution >= 4 is 34.3 Å². The van der Waals surface area contributed by atoms with Crippen molar-refractivity contribution in [2.24, 2.45) is 5.73 Å². The minimum absolute atomic E-state index is 0.0167. The largest absolute Gasteiger partial charge is 0.458 e. The van der Waals surface area contributed by atoms with Crippen LogP contribution in [-0.4, -0.2) is 24.2 Å². The summed E-state index contributed by atoms with van der Waals surface area (Å²) in [6.07, 6.45) is 0.0167. The quantitative estimate of drug-likeness (QED) is 0.919. The molecule has 1 aromatic carbocycles. The van der Waals surface area contributed by atoms with E-state index < -0.39 is 0 Å². The fourth-order valence-corrected chi connectivity index (χ4v) is 3.25. The Morgan fingerprint density at radius 1 is 1.44 bits per heavy atom. The molecule has 5 heteroatoms. The summed E-state index contributed by atoms with van der Waals surface area (Å²) in [4.78, 5) is 0. The zero-order valence-electron chi connectivity index (χ0n) is 9.77. The third kappa shape index (κ3) is 2.26. The second-order valence-electron chi connectivity index (χ2n) is 4.32. The Bertz CT molecular complexity index is 551. The van der Waals surface area contributed by atoms with Gasteiger partial charge in [0, 0.05) is 16.9 Å². The van der Waals surface area contributed by atoms with Gasteiger partial charge in [-0.15, -0.1) is 0 Å². The molecular formula is C13H14ClNO2S. The Hall–Kier alpha value is -0.680. The van der Waals surface area contributed by atoms with Gasteiger partial charge in [0.15, 0.2) is 5.58 Å². The van der Waals surface area contributed by atoms with Crippen LogP contribution in [0.15, 0.2) is 28.7 Å². The first kappa shape index (κ1) is 12.4. The second-order valence-corrected chi connectivity index (χ2v) is 5.87. The molecule has 1 fully saturated rings. The predicted octanol–water partition coefficient (Wildman–Crippen LogP) is 3.22. The normalized spacial score (nSPS) is 22.2. The molecule has 2 unspecified atom stereocenters. The molecule has 2 aromatic rings. The summed E-state index contributed by atoms with van der Waals surface area (Å²) in [5, 5.41) is 1.60. The number of fused-ring (bicyclic) bond motifs is 1. The van der Waals surface area contributed by atoms with Crippen LogP contribution in [0.4, 0.5) is 0 Å². The van der Waals surface area contributed by atoms with Crippen LogP contribution in [0.2, 0.25) is 5.02 Å². The van der Waals surface area contributed by atoms with Crippen molar-refractivity contribution in [1.82, 2.24) is 0 Å². The topological polar surface area (TPSA) is 48.4 Å². The van der Waals surface area contributed by atoms with Crippen molar-refractivity contribution in [1.29, 1.82) is 0 Å². The number of nitrogens with two attached hydrogens (primary N) is 1. The average Bonchev–Trinajstić information content (AvgIpc) is 2.84. The highest BCUT2D eigenvalue weighted by Gasteiger charge is 2.26. The molecule has 3 nitrogen and oxygen atoms in total. The Labute approximate surface area is 115 Å². The van der Waals surface area contributed by atoms with E-state index in [0.29, 0.717) is 10.6 Å². The molecule has 1 aliphatic rings. The maximum atomic E-state index is 6.21. The maximum Gasteiger partial charge on any atom is 0.152 e. The van der Waals surface area contributed by atoms with Crippen LogP contribution in [0, 0.1) is 0 Å². The number of para-hydroxylation sites is 1. The third-order valence-corrected chi connectivity index (χ3v) is 4.40. The molecule has 0 amide bonds. The number of thioether (sulfide) groups is 1. The van der Waals surface area contributed by atoms with Gasteiger partial charge in [0.05, 0.1) is 23.8 Å². The summed E-state index contributed by atoms with van der Waals surface area (Å²) < 4.78 is 11.4. The van der Waals surface area contributed by atoms with Crippen molar-refractivity contribution in [3.05, 3.63) is 35.0 Å². The van der Waals surface area contributed by atoms with Crippen molar-refractivity contribution in [2.75, 3.05) is 18.1 Å². The molecule has 0 spiro atoms. The molecule has 3 rings (SSSR count). The number of benzene rings is 1. The lowest BCUT2D eigenvalue weighted by Crippen LogP contribution is -2.34. The number of furan rings is 1. The van der Waals surface area contributed by atoms with Crippen LogP contribution in [0.3, 0.4) is 0 Å². The van der Waals surface area contributed by atoms with Gasteiger partial charge < -0.3 is 14.9 Å². The monoisotopic (exact) mass is 283 g/mol. The smallest absolute Gasteiger partial charge is 0.152 e. The highest BCUT2D eigenvalue weighted by atomic mass is 35.5. The molecule has 0 bridgehead atoms. The molecule has 2 N–H and O–H groups in total. The highest BCUT2D eigenvalue weighted by molar-refractivity contribution is 7.99. The van der Waals surface area contributed by atoms with Gasteiger partial charge in [0.1, 0.15) is 5.76 Å². The molecule has 18 heavy (non-hydrogen) atoms. The molecule has 1 aromatic heterocycles. The van der Waals surface area contributed by atoms with Crippen LogP contribution >= 0.6 is 23.4 Å². The summed E-state index contributed by atoms with van der Waals surface area (Å²) in [5.41, 5.74) is 6.91. The average molecular weight is 284 g/mol. The minimum atomic E-state index is -0.235. The standard InChI is InChI=1S/C13H14ClNO2S/c14-9-3-1-2-8-6-10(17-13(8)9)12(15)11-7-18-5-4-16-11/h1-3,6,11-12H,4-5,7,15H2. The Morgan fingerprint density at radius 3 is 3.06 bits per heavy atom. The molecule has 0 aliphatic carbocycles. The number of hydrogen-bond acceptors (Lipinski definition) is 4. The summed E-state index contributed by atoms with van der Waals surface area (Å²) in [7, 11) is 0. The summed E-state index contributed by atoms with van der Waals surface area (Å²) in [5.74, 6) is 2.69. The van der Waals surface area contributed by atoms with Gasteiger partial charge in [-0.05, 0) is 12.1 Å². The van der Waals surface area contributed by atoms with Gasteiger partial charge in [-0.1, -0.05) is 23.7 Å². The van der Waals surface area contributed by atoms with Crippen LogP contribution < -0.4 is 5.73 Å². The maximum absolute atomic E-state index is 6.21. The van der Waals surface area contributed by atoms with Crippen LogP contribution in [-0.2, 0) is 4.74 Å². The zero-order chi connectivity index (χ0) is 12.5. The molecule has 0 saturated carbocycles. The predicted molar refractivity (Wildman–Crippen MR) is 75.2 cm³/mol. The number of ether oxygens (including phenoxy) is 1. The Morgan fingerprint density at radius 2 is 2.33 bits per heavy atom. The Balaban J connectivity index is 1.91. The van der Waals surface area contributed by atoms with Gasteiger partial charge >= 0.3 is 0 Å². The summed E-state index contributed by atoms with van der Waals surface area (Å²) >= 11 is 7.95. The van der Waals surface area contributed by atoms with E-state index in [2.05, 4.69) is 0 Å². The number of rotatable bonds is 2. The molecular weight excluding hydrogens is 270 g/mol. The van der Waals surface area contributed by atoms with Gasteiger partial charge in [-0.3, -0.25) is 0 Å². The van der Waals surface area contributed by atoms with E-state index >= 15 is 0 Å². The van der Waals surface area contributed by atoms with Gasteiger partial charge in [-0.25, -0.2) is 0 Å². The van der Waals surface area contributed by atoms with Crippen LogP contribution in [0.1, 0.15) is 11.8 Å². The van der Waals surface area contributed by atoms with Gasteiger partial charge in [-0.2, -0.15) is 11.8 Å². The van der Waals surface area contributed by atoms with Gasteiger partial charge in [0.2, 0.25) is 0 Å². The van der Waals surface area contributed by atoms with E-state index in [0.717, 1.165) is 29.3 Å². The van der Waals surface area contributed by atoms with E-state index in [4.69, 9.17) is 26.5 Å². The fraction of sp³-hybridized carbons (Fsp3) is 0.385. The van der Waals surface area contributed by atoms with E-state index in [1.54, 1.807) is 0 Å². The lowest BCUT2D eigenvalue weighted by molar-refractivity contribution is 0.0522. The molecule has 2 atom stereocenters. The lowest BCUT2D eigenvalue weighted by Gasteiger charge is -2.26. The van der Waals surface area contributed by atoms with E-state index in [9.17, 15) is 0 Å². The van der Waals surface area contributed by atoms with E-state index in [-0.39, 0.29) is 12.1 Å². The molecule has 2 heterocycles. The van der Waals surface area contributed by atoms with Gasteiger partial charge in [0.25, 0.3) is 0 Å². The third-order valence-electron chi connectivity index (χ3n) is 3.09. The molecule has 1 saturated heterocycles. The summed E-state index contributed by atoms with van der Waals surface area (Å²) in [6, 6.07) is 7.41. The van der Waals surface area contributed by atoms with E-state index in [1.165, 1.54) is 0 Å². The fourth-order valence-electron chi connectivity index (χ4n) is 2.11. The van der Waals surface area contributed by atoms with E-state index in [1.807, 2.05) is 36.0 Å². The SMILES string of the molecule is NC(c1cc2cccc(Cl)c2o1)C1CSCCO1. The van der Waals surface area contributed by atoms with Crippen LogP contribution in [0.5, 0.6) is 0 Å². The molecule has 1 aliphatic heterocycles. The first-order chi connectivity index (χ1) is 8.75. The number of halogens is 1. The molecule has 96 valence electrons. The lowest BCUT2D eigenvalue weighted by atomic mass is 10.1. The molecule has 0 radical (unpaired) electrons. The van der Waals surface area contributed by atoms with Crippen molar-refractivity contribution < 1.29 is 9.15 Å². The zero-order valence-corrected chi connectivity index (χ0v) is 11.3. The Kier molecular flexibility index (Phi) is 3.52. The first-order valence-electron chi connectivity index (χ1n) is 5.88. The van der Waals surface area contributed by atoms with Crippen molar-refractivity contribution in [3.63, 3.8) is 0 Å².